The molecule has 0 radical (unpaired) electrons. The molecule has 8 heteroatoms. The SMILES string of the molecule is CCOC(=O)C1=NN[C@@H]2C(=O)N(c3ccc(OC)cc3)C(=O)[C@H]12. The number of hydrogen-bond acceptors (Lipinski definition) is 7. The van der Waals surface area contributed by atoms with Crippen molar-refractivity contribution in [1.29, 1.82) is 0 Å². The van der Waals surface area contributed by atoms with Crippen molar-refractivity contribution in [3.63, 3.8) is 0 Å². The largest absolute Gasteiger partial charge is 0.497 e. The molecule has 0 saturated carbocycles. The Hall–Kier alpha value is -2.90. The second kappa shape index (κ2) is 5.71. The molecule has 0 unspecified atom stereocenters. The van der Waals surface area contributed by atoms with Gasteiger partial charge in [-0.2, -0.15) is 5.10 Å². The first-order valence-electron chi connectivity index (χ1n) is 7.10. The molecule has 8 nitrogen and oxygen atoms in total. The lowest BCUT2D eigenvalue weighted by molar-refractivity contribution is -0.136. The molecule has 2 aliphatic heterocycles. The molecule has 1 aromatic rings. The molecule has 1 fully saturated rings. The molecule has 0 bridgehead atoms. The van der Waals surface area contributed by atoms with Gasteiger partial charge >= 0.3 is 5.97 Å². The van der Waals surface area contributed by atoms with Crippen LogP contribution >= 0.6 is 0 Å². The van der Waals surface area contributed by atoms with E-state index in [4.69, 9.17) is 9.47 Å². The summed E-state index contributed by atoms with van der Waals surface area (Å²) in [5, 5.41) is 3.80. The standard InChI is InChI=1S/C15H15N3O5/c1-3-23-15(21)12-10-11(16-17-12)14(20)18(13(10)19)8-4-6-9(22-2)7-5-8/h4-7,10-11,16H,3H2,1-2H3/t10-,11-/m0/s1. The Morgan fingerprint density at radius 3 is 2.57 bits per heavy atom. The van der Waals surface area contributed by atoms with Gasteiger partial charge in [-0.15, -0.1) is 0 Å². The van der Waals surface area contributed by atoms with Crippen LogP contribution < -0.4 is 15.1 Å². The van der Waals surface area contributed by atoms with Crippen molar-refractivity contribution in [1.82, 2.24) is 5.43 Å². The lowest BCUT2D eigenvalue weighted by Crippen LogP contribution is -2.36. The van der Waals surface area contributed by atoms with E-state index in [1.807, 2.05) is 0 Å². The number of amides is 2. The van der Waals surface area contributed by atoms with E-state index in [2.05, 4.69) is 10.5 Å². The highest BCUT2D eigenvalue weighted by atomic mass is 16.5. The van der Waals surface area contributed by atoms with E-state index in [-0.39, 0.29) is 12.3 Å². The second-order valence-electron chi connectivity index (χ2n) is 5.01. The summed E-state index contributed by atoms with van der Waals surface area (Å²) in [6, 6.07) is 5.65. The number of ether oxygens (including phenoxy) is 2. The maximum absolute atomic E-state index is 12.6. The molecular formula is C15H15N3O5. The van der Waals surface area contributed by atoms with Crippen LogP contribution in [0.2, 0.25) is 0 Å². The van der Waals surface area contributed by atoms with Gasteiger partial charge in [0.2, 0.25) is 5.91 Å². The van der Waals surface area contributed by atoms with E-state index in [1.54, 1.807) is 31.2 Å². The number of rotatable bonds is 4. The van der Waals surface area contributed by atoms with Crippen molar-refractivity contribution in [2.75, 3.05) is 18.6 Å². The first-order chi connectivity index (χ1) is 11.1. The van der Waals surface area contributed by atoms with Crippen LogP contribution in [-0.4, -0.2) is 43.3 Å². The highest BCUT2D eigenvalue weighted by Gasteiger charge is 2.55. The van der Waals surface area contributed by atoms with Gasteiger partial charge in [-0.3, -0.25) is 15.0 Å². The zero-order valence-electron chi connectivity index (χ0n) is 12.6. The quantitative estimate of drug-likeness (QED) is 0.624. The molecule has 0 aliphatic carbocycles. The molecule has 3 rings (SSSR count). The summed E-state index contributed by atoms with van der Waals surface area (Å²) in [6.45, 7) is 1.82. The number of nitrogens with zero attached hydrogens (tertiary/aromatic N) is 2. The average molecular weight is 317 g/mol. The number of nitrogens with one attached hydrogen (secondary N) is 1. The van der Waals surface area contributed by atoms with E-state index in [1.165, 1.54) is 7.11 Å². The van der Waals surface area contributed by atoms with E-state index in [9.17, 15) is 14.4 Å². The molecule has 1 saturated heterocycles. The van der Waals surface area contributed by atoms with Crippen molar-refractivity contribution in [2.24, 2.45) is 11.0 Å². The van der Waals surface area contributed by atoms with Crippen molar-refractivity contribution < 1.29 is 23.9 Å². The van der Waals surface area contributed by atoms with Gasteiger partial charge in [-0.05, 0) is 31.2 Å². The number of benzene rings is 1. The fourth-order valence-electron chi connectivity index (χ4n) is 2.65. The minimum absolute atomic E-state index is 0.0637. The van der Waals surface area contributed by atoms with E-state index in [0.717, 1.165) is 4.90 Å². The zero-order valence-corrected chi connectivity index (χ0v) is 12.6. The molecule has 120 valence electrons. The number of methoxy groups -OCH3 is 1. The summed E-state index contributed by atoms with van der Waals surface area (Å²) >= 11 is 0. The van der Waals surface area contributed by atoms with E-state index >= 15 is 0 Å². The summed E-state index contributed by atoms with van der Waals surface area (Å²) < 4.78 is 9.93. The minimum atomic E-state index is -0.955. The summed E-state index contributed by atoms with van der Waals surface area (Å²) in [7, 11) is 1.53. The predicted molar refractivity (Wildman–Crippen MR) is 80.0 cm³/mol. The average Bonchev–Trinajstić information content (AvgIpc) is 3.09. The molecule has 2 atom stereocenters. The first-order valence-corrected chi connectivity index (χ1v) is 7.10. The Morgan fingerprint density at radius 2 is 1.96 bits per heavy atom. The third-order valence-electron chi connectivity index (χ3n) is 3.74. The van der Waals surface area contributed by atoms with Gasteiger partial charge in [0.05, 0.1) is 19.4 Å². The van der Waals surface area contributed by atoms with Crippen LogP contribution in [0.3, 0.4) is 0 Å². The maximum atomic E-state index is 12.6. The summed E-state index contributed by atoms with van der Waals surface area (Å²) in [6.07, 6.45) is 0. The highest BCUT2D eigenvalue weighted by Crippen LogP contribution is 2.31. The number of hydrazone groups is 1. The van der Waals surface area contributed by atoms with Crippen molar-refractivity contribution >= 4 is 29.2 Å². The van der Waals surface area contributed by atoms with Crippen LogP contribution in [-0.2, 0) is 19.1 Å². The van der Waals surface area contributed by atoms with E-state index in [0.29, 0.717) is 11.4 Å². The monoisotopic (exact) mass is 317 g/mol. The molecule has 23 heavy (non-hydrogen) atoms. The molecule has 0 aromatic heterocycles. The van der Waals surface area contributed by atoms with Crippen molar-refractivity contribution in [3.8, 4) is 5.75 Å². The third kappa shape index (κ3) is 2.32. The zero-order chi connectivity index (χ0) is 16.6. The Labute approximate surface area is 132 Å². The highest BCUT2D eigenvalue weighted by molar-refractivity contribution is 6.46. The van der Waals surface area contributed by atoms with Gasteiger partial charge in [0, 0.05) is 0 Å². The Kier molecular flexibility index (Phi) is 3.73. The number of hydrogen-bond donors (Lipinski definition) is 1. The topological polar surface area (TPSA) is 97.3 Å². The van der Waals surface area contributed by atoms with Crippen LogP contribution in [0.15, 0.2) is 29.4 Å². The summed E-state index contributed by atoms with van der Waals surface area (Å²) in [5.74, 6) is -1.98. The number of carbonyl (C=O) groups is 3. The van der Waals surface area contributed by atoms with E-state index < -0.39 is 29.7 Å². The van der Waals surface area contributed by atoms with Crippen molar-refractivity contribution in [2.45, 2.75) is 13.0 Å². The first kappa shape index (κ1) is 15.0. The van der Waals surface area contributed by atoms with Crippen LogP contribution in [0.1, 0.15) is 6.92 Å². The van der Waals surface area contributed by atoms with Gasteiger partial charge in [0.25, 0.3) is 5.91 Å². The molecule has 1 aromatic carbocycles. The number of anilines is 1. The smallest absolute Gasteiger partial charge is 0.355 e. The van der Waals surface area contributed by atoms with Gasteiger partial charge in [-0.1, -0.05) is 0 Å². The second-order valence-corrected chi connectivity index (χ2v) is 5.01. The maximum Gasteiger partial charge on any atom is 0.355 e. The minimum Gasteiger partial charge on any atom is -0.497 e. The molecule has 2 aliphatic rings. The summed E-state index contributed by atoms with van der Waals surface area (Å²) in [5.41, 5.74) is 2.91. The van der Waals surface area contributed by atoms with Gasteiger partial charge in [0.15, 0.2) is 5.71 Å². The van der Waals surface area contributed by atoms with Crippen molar-refractivity contribution in [3.05, 3.63) is 24.3 Å². The lowest BCUT2D eigenvalue weighted by atomic mass is 9.99. The molecule has 2 heterocycles. The van der Waals surface area contributed by atoms with Gasteiger partial charge < -0.3 is 9.47 Å². The molecule has 2 amide bonds. The number of carbonyl (C=O) groups excluding carboxylic acids is 3. The number of esters is 1. The number of fused-ring (bicyclic) bond motifs is 1. The Balaban J connectivity index is 1.88. The lowest BCUT2D eigenvalue weighted by Gasteiger charge is -2.16. The normalized spacial score (nSPS) is 22.5. The van der Waals surface area contributed by atoms with Crippen LogP contribution in [0.25, 0.3) is 0 Å². The molecular weight excluding hydrogens is 302 g/mol. The Bertz CT molecular complexity index is 698. The van der Waals surface area contributed by atoms with Gasteiger partial charge in [-0.25, -0.2) is 9.69 Å². The van der Waals surface area contributed by atoms with Gasteiger partial charge in [0.1, 0.15) is 17.7 Å². The Morgan fingerprint density at radius 1 is 1.26 bits per heavy atom. The fourth-order valence-corrected chi connectivity index (χ4v) is 2.65. The van der Waals surface area contributed by atoms with Crippen LogP contribution in [0, 0.1) is 5.92 Å². The third-order valence-corrected chi connectivity index (χ3v) is 3.74. The van der Waals surface area contributed by atoms with Crippen LogP contribution in [0.4, 0.5) is 5.69 Å². The van der Waals surface area contributed by atoms with Crippen LogP contribution in [0.5, 0.6) is 5.75 Å². The molecule has 1 N–H and O–H groups in total. The predicted octanol–water partition coefficient (Wildman–Crippen LogP) is 0.0755. The molecule has 0 spiro atoms. The summed E-state index contributed by atoms with van der Waals surface area (Å²) in [4.78, 5) is 38.0. The number of imide groups is 1. The fraction of sp³-hybridized carbons (Fsp3) is 0.333.